The topological polar surface area (TPSA) is 66.4 Å². The van der Waals surface area contributed by atoms with Crippen LogP contribution in [0.3, 0.4) is 0 Å². The predicted octanol–water partition coefficient (Wildman–Crippen LogP) is 2.34. The van der Waals surface area contributed by atoms with Crippen molar-refractivity contribution in [3.05, 3.63) is 29.3 Å². The van der Waals surface area contributed by atoms with Gasteiger partial charge in [0.15, 0.2) is 0 Å². The standard InChI is InChI=1S/C15H23NO3S/c1-11-7-8-14(9-13(11)10-17)20(18,19)16-15-6-4-3-5-12(15)2/h7-9,12,15-17H,3-6,10H2,1-2H3. The number of rotatable bonds is 4. The summed E-state index contributed by atoms with van der Waals surface area (Å²) in [5.41, 5.74) is 1.56. The number of hydrogen-bond donors (Lipinski definition) is 2. The third-order valence-electron chi connectivity index (χ3n) is 4.22. The summed E-state index contributed by atoms with van der Waals surface area (Å²) in [4.78, 5) is 0.241. The van der Waals surface area contributed by atoms with E-state index in [2.05, 4.69) is 11.6 Å². The summed E-state index contributed by atoms with van der Waals surface area (Å²) in [5.74, 6) is 0.376. The fourth-order valence-corrected chi connectivity index (χ4v) is 4.17. The van der Waals surface area contributed by atoms with Crippen LogP contribution in [0.5, 0.6) is 0 Å². The number of hydrogen-bond acceptors (Lipinski definition) is 3. The Morgan fingerprint density at radius 3 is 2.65 bits per heavy atom. The number of aliphatic hydroxyl groups is 1. The maximum Gasteiger partial charge on any atom is 0.240 e. The molecular weight excluding hydrogens is 274 g/mol. The molecule has 0 saturated heterocycles. The molecule has 0 aromatic heterocycles. The highest BCUT2D eigenvalue weighted by atomic mass is 32.2. The highest BCUT2D eigenvalue weighted by Crippen LogP contribution is 2.25. The van der Waals surface area contributed by atoms with Crippen LogP contribution < -0.4 is 4.72 Å². The molecule has 1 aromatic carbocycles. The van der Waals surface area contributed by atoms with Gasteiger partial charge in [-0.05, 0) is 48.9 Å². The van der Waals surface area contributed by atoms with Gasteiger partial charge in [-0.25, -0.2) is 13.1 Å². The first-order valence-corrected chi connectivity index (χ1v) is 8.65. The Morgan fingerprint density at radius 2 is 2.00 bits per heavy atom. The molecule has 2 rings (SSSR count). The van der Waals surface area contributed by atoms with Crippen molar-refractivity contribution in [3.8, 4) is 0 Å². The van der Waals surface area contributed by atoms with E-state index in [1.54, 1.807) is 18.2 Å². The van der Waals surface area contributed by atoms with E-state index in [0.717, 1.165) is 24.8 Å². The van der Waals surface area contributed by atoms with Crippen LogP contribution in [0.4, 0.5) is 0 Å². The number of benzene rings is 1. The highest BCUT2D eigenvalue weighted by Gasteiger charge is 2.26. The minimum Gasteiger partial charge on any atom is -0.392 e. The lowest BCUT2D eigenvalue weighted by molar-refractivity contribution is 0.280. The zero-order valence-electron chi connectivity index (χ0n) is 12.1. The average Bonchev–Trinajstić information content (AvgIpc) is 2.41. The third kappa shape index (κ3) is 3.40. The van der Waals surface area contributed by atoms with Crippen molar-refractivity contribution in [1.82, 2.24) is 4.72 Å². The zero-order chi connectivity index (χ0) is 14.8. The molecule has 1 aromatic rings. The van der Waals surface area contributed by atoms with Gasteiger partial charge in [0.05, 0.1) is 11.5 Å². The molecule has 0 amide bonds. The summed E-state index contributed by atoms with van der Waals surface area (Å²) in [7, 11) is -3.50. The maximum absolute atomic E-state index is 12.4. The first-order valence-electron chi connectivity index (χ1n) is 7.17. The second-order valence-electron chi connectivity index (χ2n) is 5.74. The molecule has 2 N–H and O–H groups in total. The van der Waals surface area contributed by atoms with Gasteiger partial charge in [-0.1, -0.05) is 25.8 Å². The molecule has 1 aliphatic carbocycles. The molecule has 20 heavy (non-hydrogen) atoms. The minimum atomic E-state index is -3.50. The van der Waals surface area contributed by atoms with Crippen molar-refractivity contribution in [2.75, 3.05) is 0 Å². The van der Waals surface area contributed by atoms with Gasteiger partial charge in [-0.2, -0.15) is 0 Å². The largest absolute Gasteiger partial charge is 0.392 e. The van der Waals surface area contributed by atoms with Crippen molar-refractivity contribution >= 4 is 10.0 Å². The zero-order valence-corrected chi connectivity index (χ0v) is 12.9. The van der Waals surface area contributed by atoms with E-state index >= 15 is 0 Å². The van der Waals surface area contributed by atoms with E-state index in [1.807, 2.05) is 6.92 Å². The summed E-state index contributed by atoms with van der Waals surface area (Å²) in [5, 5.41) is 9.26. The molecule has 1 fully saturated rings. The quantitative estimate of drug-likeness (QED) is 0.896. The van der Waals surface area contributed by atoms with Crippen LogP contribution in [0.1, 0.15) is 43.7 Å². The minimum absolute atomic E-state index is 0.0210. The number of sulfonamides is 1. The Kier molecular flexibility index (Phi) is 4.83. The Hall–Kier alpha value is -0.910. The monoisotopic (exact) mass is 297 g/mol. The van der Waals surface area contributed by atoms with Crippen molar-refractivity contribution in [3.63, 3.8) is 0 Å². The maximum atomic E-state index is 12.4. The molecule has 2 unspecified atom stereocenters. The second-order valence-corrected chi connectivity index (χ2v) is 7.45. The molecule has 1 aliphatic rings. The molecular formula is C15H23NO3S. The van der Waals surface area contributed by atoms with Crippen LogP contribution in [0.15, 0.2) is 23.1 Å². The summed E-state index contributed by atoms with van der Waals surface area (Å²) in [6.07, 6.45) is 4.23. The lowest BCUT2D eigenvalue weighted by atomic mass is 9.87. The van der Waals surface area contributed by atoms with Crippen molar-refractivity contribution in [2.45, 2.75) is 57.1 Å². The molecule has 0 aliphatic heterocycles. The number of aliphatic hydroxyl groups excluding tert-OH is 1. The lowest BCUT2D eigenvalue weighted by Crippen LogP contribution is -2.41. The van der Waals surface area contributed by atoms with Gasteiger partial charge in [0, 0.05) is 6.04 Å². The van der Waals surface area contributed by atoms with Crippen LogP contribution >= 0.6 is 0 Å². The van der Waals surface area contributed by atoms with Gasteiger partial charge in [0.2, 0.25) is 10.0 Å². The van der Waals surface area contributed by atoms with Crippen LogP contribution in [-0.2, 0) is 16.6 Å². The summed E-state index contributed by atoms with van der Waals surface area (Å²) in [6, 6.07) is 4.92. The fraction of sp³-hybridized carbons (Fsp3) is 0.600. The molecule has 112 valence electrons. The molecule has 5 heteroatoms. The van der Waals surface area contributed by atoms with E-state index < -0.39 is 10.0 Å². The van der Waals surface area contributed by atoms with E-state index in [9.17, 15) is 13.5 Å². The molecule has 4 nitrogen and oxygen atoms in total. The first-order chi connectivity index (χ1) is 9.44. The predicted molar refractivity (Wildman–Crippen MR) is 78.8 cm³/mol. The van der Waals surface area contributed by atoms with Crippen molar-refractivity contribution < 1.29 is 13.5 Å². The smallest absolute Gasteiger partial charge is 0.240 e. The van der Waals surface area contributed by atoms with E-state index in [4.69, 9.17) is 0 Å². The molecule has 0 heterocycles. The highest BCUT2D eigenvalue weighted by molar-refractivity contribution is 7.89. The number of nitrogens with one attached hydrogen (secondary N) is 1. The van der Waals surface area contributed by atoms with Crippen LogP contribution in [0.2, 0.25) is 0 Å². The van der Waals surface area contributed by atoms with Gasteiger partial charge in [0.1, 0.15) is 0 Å². The van der Waals surface area contributed by atoms with Gasteiger partial charge in [-0.3, -0.25) is 0 Å². The van der Waals surface area contributed by atoms with Gasteiger partial charge >= 0.3 is 0 Å². The summed E-state index contributed by atoms with van der Waals surface area (Å²) >= 11 is 0. The van der Waals surface area contributed by atoms with Crippen LogP contribution in [-0.4, -0.2) is 19.6 Å². The Balaban J connectivity index is 2.21. The molecule has 0 radical (unpaired) electrons. The number of aryl methyl sites for hydroxylation is 1. The Bertz CT molecular complexity index is 568. The fourth-order valence-electron chi connectivity index (χ4n) is 2.74. The van der Waals surface area contributed by atoms with E-state index in [-0.39, 0.29) is 17.5 Å². The molecule has 2 atom stereocenters. The first kappa shape index (κ1) is 15.5. The molecule has 0 bridgehead atoms. The third-order valence-corrected chi connectivity index (χ3v) is 5.71. The van der Waals surface area contributed by atoms with Crippen LogP contribution in [0.25, 0.3) is 0 Å². The van der Waals surface area contributed by atoms with Crippen molar-refractivity contribution in [1.29, 1.82) is 0 Å². The normalized spacial score (nSPS) is 23.8. The summed E-state index contributed by atoms with van der Waals surface area (Å²) in [6.45, 7) is 3.81. The summed E-state index contributed by atoms with van der Waals surface area (Å²) < 4.78 is 27.7. The Morgan fingerprint density at radius 1 is 1.30 bits per heavy atom. The van der Waals surface area contributed by atoms with Crippen LogP contribution in [0, 0.1) is 12.8 Å². The molecule has 0 spiro atoms. The van der Waals surface area contributed by atoms with Gasteiger partial charge in [0.25, 0.3) is 0 Å². The van der Waals surface area contributed by atoms with E-state index in [0.29, 0.717) is 11.5 Å². The van der Waals surface area contributed by atoms with Crippen molar-refractivity contribution in [2.24, 2.45) is 5.92 Å². The van der Waals surface area contributed by atoms with Gasteiger partial charge < -0.3 is 5.11 Å². The van der Waals surface area contributed by atoms with Gasteiger partial charge in [-0.15, -0.1) is 0 Å². The van der Waals surface area contributed by atoms with E-state index in [1.165, 1.54) is 6.42 Å². The Labute approximate surface area is 121 Å². The molecule has 1 saturated carbocycles. The second kappa shape index (κ2) is 6.24. The average molecular weight is 297 g/mol. The SMILES string of the molecule is Cc1ccc(S(=O)(=O)NC2CCCCC2C)cc1CO. The lowest BCUT2D eigenvalue weighted by Gasteiger charge is -2.29.